The van der Waals surface area contributed by atoms with Gasteiger partial charge in [0.05, 0.1) is 52.1 Å². The van der Waals surface area contributed by atoms with Gasteiger partial charge in [0, 0.05) is 52.1 Å². The number of carboxylic acid groups (broad SMARTS) is 1. The van der Waals surface area contributed by atoms with Crippen molar-refractivity contribution < 1.29 is 56.3 Å². The number of alkyl halides is 3. The van der Waals surface area contributed by atoms with Crippen LogP contribution in [0, 0.1) is 0 Å². The average molecular weight is 847 g/mol. The molecule has 15 heteroatoms. The first-order valence-electron chi connectivity index (χ1n) is 19.2. The van der Waals surface area contributed by atoms with Crippen LogP contribution in [0.25, 0.3) is 15.7 Å². The number of thiophene rings is 1. The zero-order chi connectivity index (χ0) is 42.6. The maximum Gasteiger partial charge on any atom is 0.490 e. The molecule has 316 valence electrons. The standard InChI is InChI=1S/C43H44N2O7S.C2HF3O2/c1-48-39-13-6-3-10-30(39)22-42(46)52-27-36-35(23-32-24-45(25-38(36)44-32)43(47)37-28-53-41-15-8-5-12-34(37)41)29-16-18-33(19-17-29)51-21-9-20-50-26-31-11-4-7-14-40(31)49-2;3-2(4,5)1(6)7/h3-8,10-19,28,32,38,44H,9,20-27H2,1-2H3;(H,6,7)/t32-,38-;/m1./s1. The molecule has 2 atom stereocenters. The number of hydrogen-bond acceptors (Lipinski definition) is 10. The lowest BCUT2D eigenvalue weighted by molar-refractivity contribution is -0.192. The van der Waals surface area contributed by atoms with Crippen LogP contribution in [0.3, 0.4) is 0 Å². The van der Waals surface area contributed by atoms with Gasteiger partial charge in [-0.2, -0.15) is 13.2 Å². The van der Waals surface area contributed by atoms with Crippen LogP contribution in [0.5, 0.6) is 17.2 Å². The van der Waals surface area contributed by atoms with Gasteiger partial charge in [0.1, 0.15) is 23.9 Å². The van der Waals surface area contributed by atoms with E-state index in [2.05, 4.69) is 17.4 Å². The van der Waals surface area contributed by atoms with Gasteiger partial charge >= 0.3 is 18.1 Å². The smallest absolute Gasteiger partial charge is 0.490 e. The van der Waals surface area contributed by atoms with Crippen LogP contribution >= 0.6 is 11.3 Å². The molecular formula is C45H45F3N2O9S. The monoisotopic (exact) mass is 846 g/mol. The molecular weight excluding hydrogens is 802 g/mol. The number of carbonyl (C=O) groups is 3. The molecule has 1 aromatic heterocycles. The Morgan fingerprint density at radius 3 is 2.18 bits per heavy atom. The Kier molecular flexibility index (Phi) is 14.8. The first kappa shape index (κ1) is 43.7. The summed E-state index contributed by atoms with van der Waals surface area (Å²) in [6.45, 7) is 2.76. The Labute approximate surface area is 349 Å². The van der Waals surface area contributed by atoms with Crippen molar-refractivity contribution in [1.29, 1.82) is 0 Å². The van der Waals surface area contributed by atoms with Crippen molar-refractivity contribution in [1.82, 2.24) is 10.2 Å². The van der Waals surface area contributed by atoms with Gasteiger partial charge in [0.25, 0.3) is 5.91 Å². The molecule has 0 aliphatic carbocycles. The Hall–Kier alpha value is -5.90. The van der Waals surface area contributed by atoms with Crippen molar-refractivity contribution in [3.05, 3.63) is 130 Å². The van der Waals surface area contributed by atoms with E-state index in [0.717, 1.165) is 61.4 Å². The first-order chi connectivity index (χ1) is 28.9. The number of nitrogens with one attached hydrogen (secondary N) is 1. The summed E-state index contributed by atoms with van der Waals surface area (Å²) in [5.41, 5.74) is 5.68. The molecule has 7 rings (SSSR count). The van der Waals surface area contributed by atoms with Gasteiger partial charge in [-0.25, -0.2) is 4.79 Å². The minimum absolute atomic E-state index is 0.0293. The van der Waals surface area contributed by atoms with Crippen LogP contribution in [0.4, 0.5) is 13.2 Å². The summed E-state index contributed by atoms with van der Waals surface area (Å²) < 4.78 is 61.6. The fourth-order valence-corrected chi connectivity index (χ4v) is 8.10. The summed E-state index contributed by atoms with van der Waals surface area (Å²) in [7, 11) is 3.26. The second-order valence-electron chi connectivity index (χ2n) is 14.0. The van der Waals surface area contributed by atoms with E-state index in [1.165, 1.54) is 0 Å². The minimum Gasteiger partial charge on any atom is -0.496 e. The SMILES string of the molecule is COc1ccccc1COCCCOc1ccc(C2=C(COC(=O)Cc3ccccc3OC)[C@H]3CN(C(=O)c4csc5ccccc45)C[C@@H](C2)N3)cc1.O=C(O)C(F)(F)F. The minimum atomic E-state index is -5.08. The summed E-state index contributed by atoms with van der Waals surface area (Å²) >= 11 is 1.59. The lowest BCUT2D eigenvalue weighted by Crippen LogP contribution is -2.61. The fourth-order valence-electron chi connectivity index (χ4n) is 7.16. The highest BCUT2D eigenvalue weighted by atomic mass is 32.1. The predicted molar refractivity (Wildman–Crippen MR) is 221 cm³/mol. The molecule has 11 nitrogen and oxygen atoms in total. The Morgan fingerprint density at radius 1 is 0.833 bits per heavy atom. The van der Waals surface area contributed by atoms with E-state index >= 15 is 0 Å². The van der Waals surface area contributed by atoms with E-state index in [1.807, 2.05) is 95.2 Å². The van der Waals surface area contributed by atoms with Gasteiger partial charge in [-0.15, -0.1) is 11.3 Å². The Bertz CT molecular complexity index is 2290. The third kappa shape index (κ3) is 11.2. The highest BCUT2D eigenvalue weighted by molar-refractivity contribution is 7.17. The molecule has 1 amide bonds. The number of aliphatic carboxylic acids is 1. The number of methoxy groups -OCH3 is 2. The highest BCUT2D eigenvalue weighted by Crippen LogP contribution is 2.35. The molecule has 2 bridgehead atoms. The first-order valence-corrected chi connectivity index (χ1v) is 20.1. The largest absolute Gasteiger partial charge is 0.496 e. The molecule has 2 aliphatic heterocycles. The normalized spacial score (nSPS) is 16.1. The molecule has 1 saturated heterocycles. The summed E-state index contributed by atoms with van der Waals surface area (Å²) in [5.74, 6) is -0.820. The molecule has 60 heavy (non-hydrogen) atoms. The molecule has 0 unspecified atom stereocenters. The van der Waals surface area contributed by atoms with Crippen LogP contribution in [-0.2, 0) is 32.1 Å². The van der Waals surface area contributed by atoms with Gasteiger partial charge < -0.3 is 39.0 Å². The fraction of sp³-hybridized carbons (Fsp3) is 0.311. The number of benzene rings is 4. The quantitative estimate of drug-likeness (QED) is 0.0790. The van der Waals surface area contributed by atoms with Crippen molar-refractivity contribution in [2.24, 2.45) is 0 Å². The summed E-state index contributed by atoms with van der Waals surface area (Å²) in [5, 5.41) is 13.8. The lowest BCUT2D eigenvalue weighted by Gasteiger charge is -2.44. The molecule has 3 heterocycles. The average Bonchev–Trinajstić information content (AvgIpc) is 3.69. The van der Waals surface area contributed by atoms with Crippen LogP contribution in [-0.4, -0.2) is 93.2 Å². The molecule has 0 radical (unpaired) electrons. The maximum absolute atomic E-state index is 13.9. The molecule has 4 aromatic carbocycles. The van der Waals surface area contributed by atoms with Gasteiger partial charge in [-0.05, 0) is 53.5 Å². The van der Waals surface area contributed by atoms with Gasteiger partial charge in [0.2, 0.25) is 0 Å². The van der Waals surface area contributed by atoms with Crippen molar-refractivity contribution in [2.45, 2.75) is 44.1 Å². The van der Waals surface area contributed by atoms with E-state index in [9.17, 15) is 22.8 Å². The van der Waals surface area contributed by atoms with Crippen molar-refractivity contribution in [3.63, 3.8) is 0 Å². The number of carbonyl (C=O) groups excluding carboxylic acids is 2. The number of esters is 1. The Morgan fingerprint density at radius 2 is 1.48 bits per heavy atom. The highest BCUT2D eigenvalue weighted by Gasteiger charge is 2.39. The van der Waals surface area contributed by atoms with Crippen LogP contribution < -0.4 is 19.5 Å². The van der Waals surface area contributed by atoms with E-state index < -0.39 is 12.1 Å². The van der Waals surface area contributed by atoms with Crippen LogP contribution in [0.15, 0.2) is 108 Å². The topological polar surface area (TPSA) is 133 Å². The van der Waals surface area contributed by atoms with Crippen molar-refractivity contribution in [2.75, 3.05) is 47.1 Å². The Balaban J connectivity index is 0.000000793. The van der Waals surface area contributed by atoms with E-state index in [1.54, 1.807) is 25.6 Å². The molecule has 2 N–H and O–H groups in total. The number of piperazine rings is 1. The number of carboxylic acids is 1. The van der Waals surface area contributed by atoms with E-state index in [-0.39, 0.29) is 37.0 Å². The number of ether oxygens (including phenoxy) is 5. The third-order valence-corrected chi connectivity index (χ3v) is 11.0. The lowest BCUT2D eigenvalue weighted by atomic mass is 9.83. The van der Waals surface area contributed by atoms with Crippen LogP contribution in [0.1, 0.15) is 39.9 Å². The van der Waals surface area contributed by atoms with Gasteiger partial charge in [-0.1, -0.05) is 66.7 Å². The maximum atomic E-state index is 13.9. The zero-order valence-electron chi connectivity index (χ0n) is 33.0. The second kappa shape index (κ2) is 20.4. The molecule has 5 aromatic rings. The zero-order valence-corrected chi connectivity index (χ0v) is 33.9. The third-order valence-electron chi connectivity index (χ3n) is 10.1. The van der Waals surface area contributed by atoms with Crippen molar-refractivity contribution >= 4 is 44.8 Å². The number of fused-ring (bicyclic) bond motifs is 3. The van der Waals surface area contributed by atoms with Crippen molar-refractivity contribution in [3.8, 4) is 17.2 Å². The van der Waals surface area contributed by atoms with E-state index in [0.29, 0.717) is 45.1 Å². The van der Waals surface area contributed by atoms with Crippen LogP contribution in [0.2, 0.25) is 0 Å². The molecule has 0 saturated carbocycles. The summed E-state index contributed by atoms with van der Waals surface area (Å²) in [6.07, 6.45) is -3.55. The second-order valence-corrected chi connectivity index (χ2v) is 14.9. The number of halogens is 3. The molecule has 0 spiro atoms. The predicted octanol–water partition coefficient (Wildman–Crippen LogP) is 7.96. The number of hydrogen-bond donors (Lipinski definition) is 2. The molecule has 2 aliphatic rings. The number of rotatable bonds is 15. The van der Waals surface area contributed by atoms with E-state index in [4.69, 9.17) is 33.6 Å². The van der Waals surface area contributed by atoms with Gasteiger partial charge in [-0.3, -0.25) is 9.59 Å². The number of para-hydroxylation sites is 2. The number of nitrogens with zero attached hydrogens (tertiary/aromatic N) is 1. The molecule has 1 fully saturated rings. The van der Waals surface area contributed by atoms with Gasteiger partial charge in [0.15, 0.2) is 0 Å². The summed E-state index contributed by atoms with van der Waals surface area (Å²) in [6, 6.07) is 31.3. The summed E-state index contributed by atoms with van der Waals surface area (Å²) in [4.78, 5) is 38.0. The number of amides is 1.